The number of amides is 2. The highest BCUT2D eigenvalue weighted by Crippen LogP contribution is 2.09. The van der Waals surface area contributed by atoms with Crippen LogP contribution in [0, 0.1) is 5.82 Å². The molecular formula is C18H21FN4O4. The number of hydrogen-bond donors (Lipinski definition) is 1. The van der Waals surface area contributed by atoms with Crippen molar-refractivity contribution in [1.82, 2.24) is 15.0 Å². The zero-order chi connectivity index (χ0) is 19.1. The topological polar surface area (TPSA) is 87.9 Å². The van der Waals surface area contributed by atoms with Gasteiger partial charge in [0.25, 0.3) is 5.91 Å². The van der Waals surface area contributed by atoms with Gasteiger partial charge in [-0.25, -0.2) is 4.39 Å². The number of anilines is 1. The molecule has 3 rings (SSSR count). The fourth-order valence-corrected chi connectivity index (χ4v) is 2.78. The van der Waals surface area contributed by atoms with Gasteiger partial charge in [-0.2, -0.15) is 0 Å². The van der Waals surface area contributed by atoms with Crippen molar-refractivity contribution >= 4 is 17.6 Å². The third kappa shape index (κ3) is 5.60. The first kappa shape index (κ1) is 19.0. The van der Waals surface area contributed by atoms with Crippen molar-refractivity contribution in [1.29, 1.82) is 0 Å². The van der Waals surface area contributed by atoms with Crippen molar-refractivity contribution in [3.63, 3.8) is 0 Å². The molecule has 2 aromatic rings. The number of ether oxygens (including phenoxy) is 1. The third-order valence-electron chi connectivity index (χ3n) is 4.19. The zero-order valence-electron chi connectivity index (χ0n) is 14.8. The Kier molecular flexibility index (Phi) is 6.50. The van der Waals surface area contributed by atoms with Crippen molar-refractivity contribution in [2.75, 3.05) is 51.3 Å². The maximum absolute atomic E-state index is 13.5. The summed E-state index contributed by atoms with van der Waals surface area (Å²) in [5.74, 6) is -1.04. The van der Waals surface area contributed by atoms with Crippen LogP contribution in [-0.4, -0.2) is 72.7 Å². The number of morpholine rings is 1. The summed E-state index contributed by atoms with van der Waals surface area (Å²) < 4.78 is 23.5. The fourth-order valence-electron chi connectivity index (χ4n) is 2.78. The molecule has 144 valence electrons. The van der Waals surface area contributed by atoms with E-state index in [4.69, 9.17) is 4.74 Å². The first-order valence-corrected chi connectivity index (χ1v) is 8.67. The summed E-state index contributed by atoms with van der Waals surface area (Å²) >= 11 is 0. The molecule has 1 aliphatic rings. The van der Waals surface area contributed by atoms with Crippen LogP contribution in [0.1, 0.15) is 10.4 Å². The highest BCUT2D eigenvalue weighted by molar-refractivity contribution is 5.99. The minimum Gasteiger partial charge on any atom is -0.379 e. The van der Waals surface area contributed by atoms with Gasteiger partial charge < -0.3 is 19.5 Å². The molecule has 9 heteroatoms. The van der Waals surface area contributed by atoms with Crippen molar-refractivity contribution in [3.05, 3.63) is 48.0 Å². The first-order valence-electron chi connectivity index (χ1n) is 8.67. The monoisotopic (exact) mass is 376 g/mol. The number of hydrogen-bond acceptors (Lipinski definition) is 6. The van der Waals surface area contributed by atoms with Gasteiger partial charge in [-0.15, -0.1) is 0 Å². The Hall–Kier alpha value is -2.78. The molecule has 0 radical (unpaired) electrons. The van der Waals surface area contributed by atoms with Gasteiger partial charge in [-0.05, 0) is 18.2 Å². The second-order valence-electron chi connectivity index (χ2n) is 6.12. The summed E-state index contributed by atoms with van der Waals surface area (Å²) in [6.45, 7) is 3.59. The van der Waals surface area contributed by atoms with E-state index in [1.807, 2.05) is 0 Å². The molecule has 2 amide bonds. The van der Waals surface area contributed by atoms with E-state index in [9.17, 15) is 14.0 Å². The van der Waals surface area contributed by atoms with Crippen molar-refractivity contribution in [3.8, 4) is 0 Å². The number of benzene rings is 1. The molecule has 1 N–H and O–H groups in total. The van der Waals surface area contributed by atoms with Crippen LogP contribution < -0.4 is 5.32 Å². The summed E-state index contributed by atoms with van der Waals surface area (Å²) in [7, 11) is 0. The van der Waals surface area contributed by atoms with E-state index in [2.05, 4.69) is 19.9 Å². The fraction of sp³-hybridized carbons (Fsp3) is 0.389. The Morgan fingerprint density at radius 2 is 2.07 bits per heavy atom. The van der Waals surface area contributed by atoms with E-state index in [0.717, 1.165) is 13.1 Å². The Morgan fingerprint density at radius 3 is 2.78 bits per heavy atom. The van der Waals surface area contributed by atoms with Gasteiger partial charge in [-0.3, -0.25) is 14.5 Å². The van der Waals surface area contributed by atoms with E-state index in [0.29, 0.717) is 26.3 Å². The van der Waals surface area contributed by atoms with Crippen LogP contribution in [0.2, 0.25) is 0 Å². The maximum atomic E-state index is 13.5. The lowest BCUT2D eigenvalue weighted by Crippen LogP contribution is -2.45. The summed E-state index contributed by atoms with van der Waals surface area (Å²) in [5, 5.41) is 6.18. The number of nitrogens with one attached hydrogen (secondary N) is 1. The molecule has 1 aromatic heterocycles. The Labute approximate surface area is 155 Å². The Bertz CT molecular complexity index is 762. The molecule has 1 fully saturated rings. The van der Waals surface area contributed by atoms with Crippen molar-refractivity contribution in [2.24, 2.45) is 0 Å². The average Bonchev–Trinajstić information content (AvgIpc) is 3.18. The molecule has 0 unspecified atom stereocenters. The summed E-state index contributed by atoms with van der Waals surface area (Å²) in [4.78, 5) is 28.6. The number of nitrogens with zero attached hydrogens (tertiary/aromatic N) is 3. The van der Waals surface area contributed by atoms with Crippen LogP contribution in [0.4, 0.5) is 10.2 Å². The number of carbonyl (C=O) groups excluding carboxylic acids is 2. The molecule has 0 aliphatic carbocycles. The number of rotatable bonds is 7. The van der Waals surface area contributed by atoms with Gasteiger partial charge >= 0.3 is 0 Å². The van der Waals surface area contributed by atoms with Crippen LogP contribution in [0.15, 0.2) is 41.1 Å². The Morgan fingerprint density at radius 1 is 1.26 bits per heavy atom. The summed E-state index contributed by atoms with van der Waals surface area (Å²) in [6, 6.07) is 6.94. The average molecular weight is 376 g/mol. The Balaban J connectivity index is 1.66. The van der Waals surface area contributed by atoms with Crippen LogP contribution in [0.5, 0.6) is 0 Å². The largest absolute Gasteiger partial charge is 0.379 e. The lowest BCUT2D eigenvalue weighted by molar-refractivity contribution is -0.117. The van der Waals surface area contributed by atoms with E-state index in [1.54, 1.807) is 0 Å². The summed E-state index contributed by atoms with van der Waals surface area (Å²) in [6.07, 6.45) is 1.34. The molecule has 1 aromatic carbocycles. The molecule has 1 aliphatic heterocycles. The number of aromatic nitrogens is 1. The SMILES string of the molecule is O=C(CN(CCN1CCOCC1)C(=O)c1cccc(F)c1)Nc1ccon1. The quantitative estimate of drug-likeness (QED) is 0.782. The van der Waals surface area contributed by atoms with Crippen LogP contribution in [0.3, 0.4) is 0 Å². The zero-order valence-corrected chi connectivity index (χ0v) is 14.8. The highest BCUT2D eigenvalue weighted by atomic mass is 19.1. The summed E-state index contributed by atoms with van der Waals surface area (Å²) in [5.41, 5.74) is 0.200. The van der Waals surface area contributed by atoms with E-state index in [1.165, 1.54) is 41.5 Å². The smallest absolute Gasteiger partial charge is 0.254 e. The van der Waals surface area contributed by atoms with Gasteiger partial charge in [-0.1, -0.05) is 11.2 Å². The molecular weight excluding hydrogens is 355 g/mol. The van der Waals surface area contributed by atoms with Crippen molar-refractivity contribution in [2.45, 2.75) is 0 Å². The van der Waals surface area contributed by atoms with E-state index >= 15 is 0 Å². The molecule has 2 heterocycles. The number of halogens is 1. The molecule has 0 spiro atoms. The molecule has 0 bridgehead atoms. The first-order chi connectivity index (χ1) is 13.1. The minimum absolute atomic E-state index is 0.174. The van der Waals surface area contributed by atoms with Crippen LogP contribution in [0.25, 0.3) is 0 Å². The van der Waals surface area contributed by atoms with Gasteiger partial charge in [0.1, 0.15) is 18.6 Å². The van der Waals surface area contributed by atoms with E-state index in [-0.39, 0.29) is 17.9 Å². The highest BCUT2D eigenvalue weighted by Gasteiger charge is 2.21. The predicted octanol–water partition coefficient (Wildman–Crippen LogP) is 1.23. The molecule has 1 saturated heterocycles. The third-order valence-corrected chi connectivity index (χ3v) is 4.19. The molecule has 0 saturated carbocycles. The standard InChI is InChI=1S/C18H21FN4O4/c19-15-3-1-2-14(12-15)18(25)23(6-5-22-7-10-26-11-8-22)13-17(24)20-16-4-9-27-21-16/h1-4,9,12H,5-8,10-11,13H2,(H,20,21,24). The van der Waals surface area contributed by atoms with Gasteiger partial charge in [0, 0.05) is 37.8 Å². The predicted molar refractivity (Wildman–Crippen MR) is 94.7 cm³/mol. The molecule has 27 heavy (non-hydrogen) atoms. The van der Waals surface area contributed by atoms with Gasteiger partial charge in [0.15, 0.2) is 5.82 Å². The van der Waals surface area contributed by atoms with Crippen molar-refractivity contribution < 1.29 is 23.2 Å². The molecule has 0 atom stereocenters. The maximum Gasteiger partial charge on any atom is 0.254 e. The normalized spacial score (nSPS) is 14.7. The second-order valence-corrected chi connectivity index (χ2v) is 6.12. The van der Waals surface area contributed by atoms with Crippen LogP contribution >= 0.6 is 0 Å². The second kappa shape index (κ2) is 9.24. The lowest BCUT2D eigenvalue weighted by atomic mass is 10.2. The molecule has 8 nitrogen and oxygen atoms in total. The van der Waals surface area contributed by atoms with E-state index < -0.39 is 17.6 Å². The number of carbonyl (C=O) groups is 2. The van der Waals surface area contributed by atoms with Gasteiger partial charge in [0.2, 0.25) is 5.91 Å². The lowest BCUT2D eigenvalue weighted by Gasteiger charge is -2.30. The van der Waals surface area contributed by atoms with Crippen LogP contribution in [-0.2, 0) is 9.53 Å². The minimum atomic E-state index is -0.499. The van der Waals surface area contributed by atoms with Gasteiger partial charge in [0.05, 0.1) is 13.2 Å².